The zero-order chi connectivity index (χ0) is 18.2. The van der Waals surface area contributed by atoms with Gasteiger partial charge in [-0.1, -0.05) is 6.07 Å². The monoisotopic (exact) mass is 400 g/mol. The summed E-state index contributed by atoms with van der Waals surface area (Å²) in [6.07, 6.45) is 1.64. The molecule has 1 saturated carbocycles. The van der Waals surface area contributed by atoms with Crippen molar-refractivity contribution in [1.29, 1.82) is 0 Å². The molecule has 1 N–H and O–H groups in total. The first-order valence-corrected chi connectivity index (χ1v) is 11.6. The molecule has 0 bridgehead atoms. The molecule has 1 aliphatic carbocycles. The summed E-state index contributed by atoms with van der Waals surface area (Å²) >= 11 is 1.50. The largest absolute Gasteiger partial charge is 0.243 e. The van der Waals surface area contributed by atoms with E-state index in [1.165, 1.54) is 47.0 Å². The molecule has 2 aromatic rings. The second-order valence-electron chi connectivity index (χ2n) is 6.16. The molecule has 3 rings (SSSR count). The van der Waals surface area contributed by atoms with Gasteiger partial charge in [0.25, 0.3) is 0 Å². The molecule has 1 aromatic heterocycles. The smallest absolute Gasteiger partial charge is 0.208 e. The number of aryl methyl sites for hydroxylation is 1. The molecule has 0 atom stereocenters. The van der Waals surface area contributed by atoms with Crippen LogP contribution < -0.4 is 4.72 Å². The Morgan fingerprint density at radius 3 is 2.44 bits per heavy atom. The Morgan fingerprint density at radius 2 is 1.84 bits per heavy atom. The van der Waals surface area contributed by atoms with Crippen LogP contribution >= 0.6 is 11.3 Å². The molecule has 136 valence electrons. The maximum absolute atomic E-state index is 12.8. The first kappa shape index (κ1) is 18.5. The van der Waals surface area contributed by atoms with E-state index < -0.39 is 20.0 Å². The predicted octanol–water partition coefficient (Wildman–Crippen LogP) is 2.32. The van der Waals surface area contributed by atoms with E-state index in [9.17, 15) is 16.8 Å². The molecule has 9 heteroatoms. The lowest BCUT2D eigenvalue weighted by atomic mass is 10.3. The Balaban J connectivity index is 1.87. The average molecular weight is 401 g/mol. The van der Waals surface area contributed by atoms with Crippen LogP contribution in [-0.2, 0) is 26.6 Å². The van der Waals surface area contributed by atoms with Gasteiger partial charge in [0.15, 0.2) is 0 Å². The van der Waals surface area contributed by atoms with Crippen LogP contribution in [0.1, 0.15) is 23.3 Å². The van der Waals surface area contributed by atoms with Crippen molar-refractivity contribution >= 4 is 31.4 Å². The lowest BCUT2D eigenvalue weighted by Gasteiger charge is -2.17. The number of nitrogens with one attached hydrogen (secondary N) is 1. The van der Waals surface area contributed by atoms with Gasteiger partial charge in [-0.3, -0.25) is 0 Å². The molecular weight excluding hydrogens is 380 g/mol. The maximum atomic E-state index is 12.8. The highest BCUT2D eigenvalue weighted by molar-refractivity contribution is 7.90. The zero-order valence-electron chi connectivity index (χ0n) is 14.0. The minimum atomic E-state index is -3.78. The predicted molar refractivity (Wildman–Crippen MR) is 97.5 cm³/mol. The second-order valence-corrected chi connectivity index (χ2v) is 10.9. The summed E-state index contributed by atoms with van der Waals surface area (Å²) < 4.78 is 54.0. The Morgan fingerprint density at radius 1 is 1.16 bits per heavy atom. The van der Waals surface area contributed by atoms with Gasteiger partial charge in [0.1, 0.15) is 0 Å². The van der Waals surface area contributed by atoms with Gasteiger partial charge in [-0.05, 0) is 55.0 Å². The van der Waals surface area contributed by atoms with E-state index in [2.05, 4.69) is 4.72 Å². The average Bonchev–Trinajstić information content (AvgIpc) is 3.28. The highest BCUT2D eigenvalue weighted by Crippen LogP contribution is 2.25. The lowest BCUT2D eigenvalue weighted by molar-refractivity contribution is 0.469. The van der Waals surface area contributed by atoms with E-state index in [1.54, 1.807) is 0 Å². The van der Waals surface area contributed by atoms with Crippen LogP contribution in [0.3, 0.4) is 0 Å². The third-order valence-corrected chi connectivity index (χ3v) is 8.38. The minimum absolute atomic E-state index is 0.0251. The number of hydrogen-bond donors (Lipinski definition) is 1. The lowest BCUT2D eigenvalue weighted by Crippen LogP contribution is -2.28. The summed E-state index contributed by atoms with van der Waals surface area (Å²) in [7, 11) is -5.97. The van der Waals surface area contributed by atoms with Gasteiger partial charge >= 0.3 is 0 Å². The van der Waals surface area contributed by atoms with Crippen LogP contribution in [0.15, 0.2) is 45.5 Å². The van der Waals surface area contributed by atoms with Crippen molar-refractivity contribution in [3.8, 4) is 0 Å². The number of benzene rings is 1. The Kier molecular flexibility index (Phi) is 5.04. The van der Waals surface area contributed by atoms with Crippen LogP contribution in [0.4, 0.5) is 0 Å². The van der Waals surface area contributed by atoms with Crippen molar-refractivity contribution < 1.29 is 16.8 Å². The summed E-state index contributed by atoms with van der Waals surface area (Å²) in [5, 5.41) is 1.92. The van der Waals surface area contributed by atoms with E-state index >= 15 is 0 Å². The van der Waals surface area contributed by atoms with Crippen LogP contribution in [-0.4, -0.2) is 34.2 Å². The van der Waals surface area contributed by atoms with Gasteiger partial charge < -0.3 is 0 Å². The van der Waals surface area contributed by atoms with E-state index in [0.717, 1.165) is 23.3 Å². The molecule has 6 nitrogen and oxygen atoms in total. The van der Waals surface area contributed by atoms with Crippen molar-refractivity contribution in [2.75, 3.05) is 7.05 Å². The molecule has 0 amide bonds. The molecule has 25 heavy (non-hydrogen) atoms. The van der Waals surface area contributed by atoms with Crippen molar-refractivity contribution in [3.63, 3.8) is 0 Å². The third-order valence-electron chi connectivity index (χ3n) is 4.06. The molecule has 1 aliphatic rings. The van der Waals surface area contributed by atoms with Crippen molar-refractivity contribution in [3.05, 3.63) is 46.2 Å². The SMILES string of the molecule is Cc1ccsc1CN(C)S(=O)(=O)c1cccc(S(=O)(=O)NC2CC2)c1. The molecule has 0 unspecified atom stereocenters. The van der Waals surface area contributed by atoms with Crippen molar-refractivity contribution in [2.24, 2.45) is 0 Å². The standard InChI is InChI=1S/C16H20N2O4S3/c1-12-8-9-23-16(12)11-18(2)25(21,22)15-5-3-4-14(10-15)24(19,20)17-13-6-7-13/h3-5,8-10,13,17H,6-7,11H2,1-2H3. The summed E-state index contributed by atoms with van der Waals surface area (Å²) in [4.78, 5) is 0.911. The Bertz CT molecular complexity index is 976. The minimum Gasteiger partial charge on any atom is -0.208 e. The number of nitrogens with zero attached hydrogens (tertiary/aromatic N) is 1. The van der Waals surface area contributed by atoms with Gasteiger partial charge in [-0.25, -0.2) is 21.6 Å². The molecule has 0 aliphatic heterocycles. The molecular formula is C16H20N2O4S3. The van der Waals surface area contributed by atoms with E-state index in [0.29, 0.717) is 0 Å². The number of sulfonamides is 2. The van der Waals surface area contributed by atoms with E-state index in [-0.39, 0.29) is 22.4 Å². The fraction of sp³-hybridized carbons (Fsp3) is 0.375. The van der Waals surface area contributed by atoms with Crippen molar-refractivity contribution in [1.82, 2.24) is 9.03 Å². The number of thiophene rings is 1. The maximum Gasteiger partial charge on any atom is 0.243 e. The molecule has 0 radical (unpaired) electrons. The second kappa shape index (κ2) is 6.81. The highest BCUT2D eigenvalue weighted by Gasteiger charge is 2.29. The Labute approximate surface area is 152 Å². The summed E-state index contributed by atoms with van der Waals surface area (Å²) in [5.41, 5.74) is 1.04. The van der Waals surface area contributed by atoms with Gasteiger partial charge in [-0.2, -0.15) is 4.31 Å². The van der Waals surface area contributed by atoms with Gasteiger partial charge in [0.05, 0.1) is 9.79 Å². The van der Waals surface area contributed by atoms with Gasteiger partial charge in [0, 0.05) is 24.5 Å². The third kappa shape index (κ3) is 4.12. The van der Waals surface area contributed by atoms with E-state index in [4.69, 9.17) is 0 Å². The van der Waals surface area contributed by atoms with Gasteiger partial charge in [0.2, 0.25) is 20.0 Å². The van der Waals surface area contributed by atoms with Crippen LogP contribution in [0.25, 0.3) is 0 Å². The first-order chi connectivity index (χ1) is 11.7. The van der Waals surface area contributed by atoms with Gasteiger partial charge in [-0.15, -0.1) is 11.3 Å². The zero-order valence-corrected chi connectivity index (χ0v) is 16.4. The van der Waals surface area contributed by atoms with Crippen LogP contribution in [0, 0.1) is 6.92 Å². The molecule has 0 saturated heterocycles. The summed E-state index contributed by atoms with van der Waals surface area (Å²) in [5.74, 6) is 0. The van der Waals surface area contributed by atoms with Crippen LogP contribution in [0.5, 0.6) is 0 Å². The quantitative estimate of drug-likeness (QED) is 0.773. The molecule has 1 fully saturated rings. The first-order valence-electron chi connectivity index (χ1n) is 7.82. The fourth-order valence-electron chi connectivity index (χ4n) is 2.32. The molecule has 0 spiro atoms. The summed E-state index contributed by atoms with van der Waals surface area (Å²) in [6.45, 7) is 2.19. The topological polar surface area (TPSA) is 83.6 Å². The summed E-state index contributed by atoms with van der Waals surface area (Å²) in [6, 6.07) is 7.42. The highest BCUT2D eigenvalue weighted by atomic mass is 32.2. The Hall–Kier alpha value is -1.26. The normalized spacial score (nSPS) is 15.6. The molecule has 1 heterocycles. The van der Waals surface area contributed by atoms with E-state index in [1.807, 2.05) is 18.4 Å². The number of rotatable bonds is 7. The van der Waals surface area contributed by atoms with Crippen molar-refractivity contribution in [2.45, 2.75) is 42.1 Å². The fourth-order valence-corrected chi connectivity index (χ4v) is 5.97. The molecule has 1 aromatic carbocycles. The van der Waals surface area contributed by atoms with Crippen LogP contribution in [0.2, 0.25) is 0 Å². The number of hydrogen-bond acceptors (Lipinski definition) is 5.